The Kier molecular flexibility index (Phi) is 5.76. The monoisotopic (exact) mass is 333 g/mol. The number of halogens is 1. The maximum Gasteiger partial charge on any atom is 0.412 e. The Labute approximate surface area is 129 Å². The third-order valence-corrected chi connectivity index (χ3v) is 3.23. The summed E-state index contributed by atoms with van der Waals surface area (Å²) in [6, 6.07) is 4.66. The predicted molar refractivity (Wildman–Crippen MR) is 81.4 cm³/mol. The zero-order valence-electron chi connectivity index (χ0n) is 13.0. The molecule has 0 aliphatic carbocycles. The van der Waals surface area contributed by atoms with Crippen LogP contribution in [0, 0.1) is 0 Å². The van der Waals surface area contributed by atoms with Gasteiger partial charge in [0.15, 0.2) is 0 Å². The van der Waals surface area contributed by atoms with Gasteiger partial charge in [-0.2, -0.15) is 8.42 Å². The molecule has 0 heterocycles. The van der Waals surface area contributed by atoms with Crippen LogP contribution in [0.3, 0.4) is 0 Å². The summed E-state index contributed by atoms with van der Waals surface area (Å²) in [7, 11) is -3.15. The van der Waals surface area contributed by atoms with Gasteiger partial charge in [-0.15, -0.1) is 3.89 Å². The first kappa shape index (κ1) is 18.2. The number of amides is 1. The smallest absolute Gasteiger partial charge is 0.412 e. The lowest BCUT2D eigenvalue weighted by atomic mass is 10.1. The van der Waals surface area contributed by atoms with Crippen LogP contribution in [0.15, 0.2) is 18.2 Å². The summed E-state index contributed by atoms with van der Waals surface area (Å²) in [5, 5.41) is 2.53. The van der Waals surface area contributed by atoms with E-state index in [9.17, 15) is 17.1 Å². The van der Waals surface area contributed by atoms with Crippen LogP contribution in [0.5, 0.6) is 5.75 Å². The van der Waals surface area contributed by atoms with Crippen LogP contribution in [0.1, 0.15) is 26.3 Å². The van der Waals surface area contributed by atoms with Crippen LogP contribution in [0.25, 0.3) is 0 Å². The van der Waals surface area contributed by atoms with Gasteiger partial charge >= 0.3 is 16.3 Å². The Morgan fingerprint density at radius 3 is 2.45 bits per heavy atom. The van der Waals surface area contributed by atoms with E-state index in [-0.39, 0.29) is 6.42 Å². The number of anilines is 1. The summed E-state index contributed by atoms with van der Waals surface area (Å²) in [5.74, 6) is -0.238. The molecule has 6 nitrogen and oxygen atoms in total. The average Bonchev–Trinajstić information content (AvgIpc) is 2.33. The first-order valence-corrected chi connectivity index (χ1v) is 8.15. The highest BCUT2D eigenvalue weighted by molar-refractivity contribution is 7.86. The number of hydrogen-bond donors (Lipinski definition) is 1. The minimum atomic E-state index is -4.57. The SMILES string of the molecule is COc1ccc(NC(=O)OC(C)(C)C)cc1CCS(=O)(=O)F. The number of rotatable bonds is 5. The summed E-state index contributed by atoms with van der Waals surface area (Å²) < 4.78 is 44.1. The van der Waals surface area contributed by atoms with Crippen molar-refractivity contribution in [2.24, 2.45) is 0 Å². The number of nitrogens with one attached hydrogen (secondary N) is 1. The van der Waals surface area contributed by atoms with E-state index >= 15 is 0 Å². The molecular formula is C14H20FNO5S. The molecule has 8 heteroatoms. The molecule has 0 aromatic heterocycles. The van der Waals surface area contributed by atoms with Gasteiger partial charge in [-0.25, -0.2) is 4.79 Å². The molecule has 0 radical (unpaired) electrons. The minimum Gasteiger partial charge on any atom is -0.496 e. The van der Waals surface area contributed by atoms with Gasteiger partial charge in [0.1, 0.15) is 11.4 Å². The number of carbonyl (C=O) groups excluding carboxylic acids is 1. The maximum absolute atomic E-state index is 12.6. The van der Waals surface area contributed by atoms with Crippen molar-refractivity contribution in [3.63, 3.8) is 0 Å². The summed E-state index contributed by atoms with van der Waals surface area (Å²) in [5.41, 5.74) is 0.236. The van der Waals surface area contributed by atoms with Gasteiger partial charge in [-0.3, -0.25) is 5.32 Å². The van der Waals surface area contributed by atoms with Gasteiger partial charge in [0.2, 0.25) is 0 Å². The molecule has 124 valence electrons. The Morgan fingerprint density at radius 1 is 1.32 bits per heavy atom. The first-order valence-electron chi connectivity index (χ1n) is 6.59. The normalized spacial score (nSPS) is 11.9. The molecule has 1 aromatic rings. The number of methoxy groups -OCH3 is 1. The number of aryl methyl sites for hydroxylation is 1. The number of carbonyl (C=O) groups is 1. The molecule has 0 unspecified atom stereocenters. The minimum absolute atomic E-state index is 0.0636. The highest BCUT2D eigenvalue weighted by Gasteiger charge is 2.17. The van der Waals surface area contributed by atoms with Crippen molar-refractivity contribution >= 4 is 22.0 Å². The Hall–Kier alpha value is -1.83. The second-order valence-corrected chi connectivity index (χ2v) is 7.13. The molecule has 1 rings (SSSR count). The lowest BCUT2D eigenvalue weighted by Crippen LogP contribution is -2.27. The number of hydrogen-bond acceptors (Lipinski definition) is 5. The van der Waals surface area contributed by atoms with E-state index in [0.717, 1.165) is 0 Å². The van der Waals surface area contributed by atoms with E-state index in [1.165, 1.54) is 13.2 Å². The van der Waals surface area contributed by atoms with Gasteiger partial charge in [0, 0.05) is 5.69 Å². The largest absolute Gasteiger partial charge is 0.496 e. The molecule has 22 heavy (non-hydrogen) atoms. The average molecular weight is 333 g/mol. The van der Waals surface area contributed by atoms with Crippen molar-refractivity contribution < 1.29 is 26.6 Å². The van der Waals surface area contributed by atoms with Crippen LogP contribution in [-0.4, -0.2) is 33.0 Å². The van der Waals surface area contributed by atoms with Gasteiger partial charge in [0.25, 0.3) is 0 Å². The fourth-order valence-corrected chi connectivity index (χ4v) is 2.17. The summed E-state index contributed by atoms with van der Waals surface area (Å²) in [6.07, 6.45) is -0.701. The third-order valence-electron chi connectivity index (χ3n) is 2.54. The Bertz CT molecular complexity index is 637. The van der Waals surface area contributed by atoms with Crippen LogP contribution in [0.2, 0.25) is 0 Å². The van der Waals surface area contributed by atoms with Crippen LogP contribution >= 0.6 is 0 Å². The molecule has 1 aromatic carbocycles. The highest BCUT2D eigenvalue weighted by atomic mass is 32.3. The van der Waals surface area contributed by atoms with Gasteiger partial charge in [-0.05, 0) is 51.0 Å². The van der Waals surface area contributed by atoms with Gasteiger partial charge in [0.05, 0.1) is 12.9 Å². The standard InChI is InChI=1S/C14H20FNO5S/c1-14(2,3)21-13(17)16-11-5-6-12(20-4)10(9-11)7-8-22(15,18)19/h5-6,9H,7-8H2,1-4H3,(H,16,17). The van der Waals surface area contributed by atoms with Crippen molar-refractivity contribution in [1.82, 2.24) is 0 Å². The third kappa shape index (κ3) is 6.75. The molecule has 1 N–H and O–H groups in total. The van der Waals surface area contributed by atoms with Gasteiger partial charge in [-0.1, -0.05) is 0 Å². The van der Waals surface area contributed by atoms with E-state index in [1.54, 1.807) is 32.9 Å². The molecule has 0 saturated carbocycles. The lowest BCUT2D eigenvalue weighted by molar-refractivity contribution is 0.0636. The molecule has 0 saturated heterocycles. The van der Waals surface area contributed by atoms with Crippen molar-refractivity contribution in [2.45, 2.75) is 32.8 Å². The molecule has 1 amide bonds. The Morgan fingerprint density at radius 2 is 1.95 bits per heavy atom. The summed E-state index contributed by atoms with van der Waals surface area (Å²) in [4.78, 5) is 11.7. The molecule has 0 fully saturated rings. The quantitative estimate of drug-likeness (QED) is 0.838. The van der Waals surface area contributed by atoms with E-state index in [4.69, 9.17) is 9.47 Å². The van der Waals surface area contributed by atoms with E-state index in [2.05, 4.69) is 5.32 Å². The molecule has 0 atom stereocenters. The zero-order chi connectivity index (χ0) is 17.0. The van der Waals surface area contributed by atoms with Crippen molar-refractivity contribution in [3.8, 4) is 5.75 Å². The van der Waals surface area contributed by atoms with Crippen molar-refractivity contribution in [2.75, 3.05) is 18.2 Å². The molecule has 0 aliphatic heterocycles. The summed E-state index contributed by atoms with van der Waals surface area (Å²) >= 11 is 0. The second-order valence-electron chi connectivity index (χ2n) is 5.65. The maximum atomic E-state index is 12.6. The fourth-order valence-electron chi connectivity index (χ4n) is 1.71. The van der Waals surface area contributed by atoms with Crippen molar-refractivity contribution in [3.05, 3.63) is 23.8 Å². The first-order chi connectivity index (χ1) is 10.00. The molecule has 0 spiro atoms. The predicted octanol–water partition coefficient (Wildman–Crippen LogP) is 2.88. The Balaban J connectivity index is 2.87. The zero-order valence-corrected chi connectivity index (χ0v) is 13.8. The topological polar surface area (TPSA) is 81.7 Å². The van der Waals surface area contributed by atoms with E-state index in [0.29, 0.717) is 17.0 Å². The second kappa shape index (κ2) is 6.95. The van der Waals surface area contributed by atoms with Gasteiger partial charge < -0.3 is 9.47 Å². The van der Waals surface area contributed by atoms with Crippen LogP contribution in [-0.2, 0) is 21.4 Å². The summed E-state index contributed by atoms with van der Waals surface area (Å²) in [6.45, 7) is 5.20. The molecule has 0 aliphatic rings. The van der Waals surface area contributed by atoms with Crippen LogP contribution in [0.4, 0.5) is 14.4 Å². The lowest BCUT2D eigenvalue weighted by Gasteiger charge is -2.20. The van der Waals surface area contributed by atoms with Crippen molar-refractivity contribution in [1.29, 1.82) is 0 Å². The fraction of sp³-hybridized carbons (Fsp3) is 0.500. The number of ether oxygens (including phenoxy) is 2. The number of benzene rings is 1. The van der Waals surface area contributed by atoms with E-state index < -0.39 is 27.7 Å². The van der Waals surface area contributed by atoms with E-state index in [1.807, 2.05) is 0 Å². The van der Waals surface area contributed by atoms with Crippen LogP contribution < -0.4 is 10.1 Å². The molecular weight excluding hydrogens is 313 g/mol. The molecule has 0 bridgehead atoms. The highest BCUT2D eigenvalue weighted by Crippen LogP contribution is 2.24.